The highest BCUT2D eigenvalue weighted by molar-refractivity contribution is 7.98. The van der Waals surface area contributed by atoms with Crippen LogP contribution in [0.15, 0.2) is 10.5 Å². The molecule has 7 heteroatoms. The average Bonchev–Trinajstić information content (AvgIpc) is 2.96. The molecule has 20 heavy (non-hydrogen) atoms. The van der Waals surface area contributed by atoms with Crippen LogP contribution < -0.4 is 5.73 Å². The summed E-state index contributed by atoms with van der Waals surface area (Å²) in [4.78, 5) is 4.69. The Bertz CT molecular complexity index is 568. The fraction of sp³-hybridized carbons (Fsp3) is 0.615. The van der Waals surface area contributed by atoms with Crippen LogP contribution in [0.3, 0.4) is 0 Å². The molecule has 0 bridgehead atoms. The SMILES string of the molecule is Cc1nnc(SCc2nc(C(C)(C)C)cs2)n1CCN. The third kappa shape index (κ3) is 3.59. The van der Waals surface area contributed by atoms with Crippen LogP contribution in [0.1, 0.15) is 37.3 Å². The molecule has 110 valence electrons. The topological polar surface area (TPSA) is 69.6 Å². The van der Waals surface area contributed by atoms with Crippen molar-refractivity contribution in [2.24, 2.45) is 5.73 Å². The minimum absolute atomic E-state index is 0.107. The van der Waals surface area contributed by atoms with Crippen molar-refractivity contribution >= 4 is 23.1 Å². The highest BCUT2D eigenvalue weighted by Crippen LogP contribution is 2.28. The lowest BCUT2D eigenvalue weighted by atomic mass is 9.93. The Balaban J connectivity index is 2.04. The van der Waals surface area contributed by atoms with Crippen LogP contribution in [0, 0.1) is 6.92 Å². The molecule has 2 heterocycles. The zero-order valence-electron chi connectivity index (χ0n) is 12.4. The van der Waals surface area contributed by atoms with Crippen LogP contribution in [-0.4, -0.2) is 26.3 Å². The maximum absolute atomic E-state index is 5.62. The van der Waals surface area contributed by atoms with Gasteiger partial charge in [0.1, 0.15) is 10.8 Å². The maximum Gasteiger partial charge on any atom is 0.191 e. The van der Waals surface area contributed by atoms with E-state index in [-0.39, 0.29) is 5.41 Å². The second kappa shape index (κ2) is 6.24. The molecule has 0 spiro atoms. The molecule has 2 rings (SSSR count). The molecule has 0 amide bonds. The van der Waals surface area contributed by atoms with Crippen molar-refractivity contribution in [1.29, 1.82) is 0 Å². The molecule has 0 unspecified atom stereocenters. The molecular formula is C13H21N5S2. The van der Waals surface area contributed by atoms with Crippen LogP contribution in [0.25, 0.3) is 0 Å². The standard InChI is InChI=1S/C13H21N5S2/c1-9-16-17-12(18(9)6-5-14)20-8-11-15-10(7-19-11)13(2,3)4/h7H,5-6,8,14H2,1-4H3. The van der Waals surface area contributed by atoms with E-state index in [1.54, 1.807) is 23.1 Å². The van der Waals surface area contributed by atoms with E-state index in [4.69, 9.17) is 10.7 Å². The number of thiazole rings is 1. The van der Waals surface area contributed by atoms with Crippen molar-refractivity contribution in [1.82, 2.24) is 19.7 Å². The molecule has 0 aliphatic carbocycles. The van der Waals surface area contributed by atoms with E-state index >= 15 is 0 Å². The van der Waals surface area contributed by atoms with E-state index in [0.717, 1.165) is 34.0 Å². The summed E-state index contributed by atoms with van der Waals surface area (Å²) in [6, 6.07) is 0. The molecule has 2 aromatic heterocycles. The summed E-state index contributed by atoms with van der Waals surface area (Å²) in [7, 11) is 0. The largest absolute Gasteiger partial charge is 0.329 e. The predicted octanol–water partition coefficient (Wildman–Crippen LogP) is 2.59. The van der Waals surface area contributed by atoms with Crippen LogP contribution in [0.5, 0.6) is 0 Å². The zero-order valence-corrected chi connectivity index (χ0v) is 14.0. The molecule has 0 atom stereocenters. The number of thioether (sulfide) groups is 1. The van der Waals surface area contributed by atoms with Crippen LogP contribution in [0.2, 0.25) is 0 Å². The number of aromatic nitrogens is 4. The monoisotopic (exact) mass is 311 g/mol. The Kier molecular flexibility index (Phi) is 4.82. The van der Waals surface area contributed by atoms with Crippen LogP contribution in [0.4, 0.5) is 0 Å². The van der Waals surface area contributed by atoms with Crippen molar-refractivity contribution < 1.29 is 0 Å². The number of hydrogen-bond acceptors (Lipinski definition) is 6. The van der Waals surface area contributed by atoms with Gasteiger partial charge in [0.2, 0.25) is 0 Å². The van der Waals surface area contributed by atoms with Gasteiger partial charge in [-0.2, -0.15) is 0 Å². The Morgan fingerprint density at radius 1 is 1.35 bits per heavy atom. The fourth-order valence-electron chi connectivity index (χ4n) is 1.70. The van der Waals surface area contributed by atoms with Gasteiger partial charge in [-0.05, 0) is 6.92 Å². The first-order valence-electron chi connectivity index (χ1n) is 6.59. The average molecular weight is 311 g/mol. The summed E-state index contributed by atoms with van der Waals surface area (Å²) < 4.78 is 2.06. The third-order valence-corrected chi connectivity index (χ3v) is 4.91. The van der Waals surface area contributed by atoms with Crippen molar-refractivity contribution in [2.45, 2.75) is 50.6 Å². The predicted molar refractivity (Wildman–Crippen MR) is 84.2 cm³/mol. The molecule has 0 aliphatic heterocycles. The number of nitrogens with zero attached hydrogens (tertiary/aromatic N) is 4. The first-order valence-corrected chi connectivity index (χ1v) is 8.46. The molecule has 2 N–H and O–H groups in total. The van der Waals surface area contributed by atoms with Gasteiger partial charge in [-0.1, -0.05) is 32.5 Å². The van der Waals surface area contributed by atoms with Crippen LogP contribution in [-0.2, 0) is 17.7 Å². The molecule has 2 aromatic rings. The van der Waals surface area contributed by atoms with Crippen LogP contribution >= 0.6 is 23.1 Å². The molecule has 0 saturated heterocycles. The number of hydrogen-bond donors (Lipinski definition) is 1. The van der Waals surface area contributed by atoms with Gasteiger partial charge >= 0.3 is 0 Å². The van der Waals surface area contributed by atoms with Gasteiger partial charge in [0.05, 0.1) is 11.4 Å². The van der Waals surface area contributed by atoms with Gasteiger partial charge in [0.25, 0.3) is 0 Å². The summed E-state index contributed by atoms with van der Waals surface area (Å²) in [5, 5.41) is 12.5. The Morgan fingerprint density at radius 3 is 2.70 bits per heavy atom. The molecule has 0 radical (unpaired) electrons. The summed E-state index contributed by atoms with van der Waals surface area (Å²) >= 11 is 3.37. The number of aryl methyl sites for hydroxylation is 1. The van der Waals surface area contributed by atoms with Gasteiger partial charge in [-0.25, -0.2) is 4.98 Å². The molecule has 0 fully saturated rings. The quantitative estimate of drug-likeness (QED) is 0.860. The van der Waals surface area contributed by atoms with Gasteiger partial charge in [0.15, 0.2) is 5.16 Å². The molecule has 0 saturated carbocycles. The van der Waals surface area contributed by atoms with Crippen molar-refractivity contribution in [3.63, 3.8) is 0 Å². The van der Waals surface area contributed by atoms with Crippen molar-refractivity contribution in [3.8, 4) is 0 Å². The van der Waals surface area contributed by atoms with Gasteiger partial charge in [-0.15, -0.1) is 21.5 Å². The van der Waals surface area contributed by atoms with E-state index in [1.165, 1.54) is 0 Å². The Hall–Kier alpha value is -0.920. The Labute approximate surface area is 128 Å². The number of nitrogens with two attached hydrogens (primary N) is 1. The van der Waals surface area contributed by atoms with E-state index < -0.39 is 0 Å². The molecule has 5 nitrogen and oxygen atoms in total. The fourth-order valence-corrected chi connectivity index (χ4v) is 3.75. The minimum atomic E-state index is 0.107. The van der Waals surface area contributed by atoms with E-state index in [2.05, 4.69) is 40.9 Å². The second-order valence-corrected chi connectivity index (χ2v) is 7.52. The second-order valence-electron chi connectivity index (χ2n) is 5.64. The summed E-state index contributed by atoms with van der Waals surface area (Å²) in [5.74, 6) is 1.73. The zero-order chi connectivity index (χ0) is 14.8. The van der Waals surface area contributed by atoms with Crippen molar-refractivity contribution in [2.75, 3.05) is 6.54 Å². The van der Waals surface area contributed by atoms with Gasteiger partial charge < -0.3 is 10.3 Å². The first kappa shape index (κ1) is 15.5. The van der Waals surface area contributed by atoms with E-state index in [9.17, 15) is 0 Å². The Morgan fingerprint density at radius 2 is 2.10 bits per heavy atom. The maximum atomic E-state index is 5.62. The number of rotatable bonds is 5. The summed E-state index contributed by atoms with van der Waals surface area (Å²) in [6.45, 7) is 9.85. The lowest BCUT2D eigenvalue weighted by molar-refractivity contribution is 0.571. The molecule has 0 aromatic carbocycles. The molecular weight excluding hydrogens is 290 g/mol. The minimum Gasteiger partial charge on any atom is -0.329 e. The lowest BCUT2D eigenvalue weighted by Crippen LogP contribution is -2.12. The first-order chi connectivity index (χ1) is 9.41. The van der Waals surface area contributed by atoms with E-state index in [1.807, 2.05) is 6.92 Å². The smallest absolute Gasteiger partial charge is 0.191 e. The lowest BCUT2D eigenvalue weighted by Gasteiger charge is -2.14. The normalized spacial score (nSPS) is 12.1. The third-order valence-electron chi connectivity index (χ3n) is 2.90. The van der Waals surface area contributed by atoms with E-state index in [0.29, 0.717) is 6.54 Å². The summed E-state index contributed by atoms with van der Waals surface area (Å²) in [5.41, 5.74) is 6.88. The highest BCUT2D eigenvalue weighted by atomic mass is 32.2. The van der Waals surface area contributed by atoms with Gasteiger partial charge in [0, 0.05) is 23.9 Å². The summed E-state index contributed by atoms with van der Waals surface area (Å²) in [6.07, 6.45) is 0. The van der Waals surface area contributed by atoms with Gasteiger partial charge in [-0.3, -0.25) is 0 Å². The van der Waals surface area contributed by atoms with Crippen molar-refractivity contribution in [3.05, 3.63) is 21.9 Å². The highest BCUT2D eigenvalue weighted by Gasteiger charge is 2.18. The molecule has 0 aliphatic rings.